The van der Waals surface area contributed by atoms with Crippen LogP contribution in [0.25, 0.3) is 22.2 Å². The molecule has 0 saturated carbocycles. The first-order chi connectivity index (χ1) is 19.1. The summed E-state index contributed by atoms with van der Waals surface area (Å²) in [6, 6.07) is 18.3. The van der Waals surface area contributed by atoms with Crippen molar-refractivity contribution in [2.24, 2.45) is 5.41 Å². The SMILES string of the molecule is Cc1cc2c(-c3ccc(NC(=O)[C@H](NC(=O)OC(C)(C)C)C(C)(C)C)cc3)ccnc2n1S(=O)(=O)c1ccccc1. The van der Waals surface area contributed by atoms with Gasteiger partial charge < -0.3 is 15.4 Å². The van der Waals surface area contributed by atoms with Gasteiger partial charge >= 0.3 is 6.09 Å². The zero-order valence-electron chi connectivity index (χ0n) is 24.3. The van der Waals surface area contributed by atoms with E-state index in [1.165, 1.54) is 3.97 Å². The molecule has 0 aliphatic rings. The number of carbonyl (C=O) groups is 2. The van der Waals surface area contributed by atoms with Crippen molar-refractivity contribution in [3.63, 3.8) is 0 Å². The summed E-state index contributed by atoms with van der Waals surface area (Å²) in [5.41, 5.74) is 1.78. The fraction of sp³-hybridized carbons (Fsp3) is 0.323. The fourth-order valence-electron chi connectivity index (χ4n) is 4.50. The molecule has 9 nitrogen and oxygen atoms in total. The monoisotopic (exact) mass is 576 g/mol. The molecule has 2 aromatic carbocycles. The summed E-state index contributed by atoms with van der Waals surface area (Å²) in [5, 5.41) is 6.26. The lowest BCUT2D eigenvalue weighted by molar-refractivity contribution is -0.120. The Hall–Kier alpha value is -4.18. The molecule has 4 aromatic rings. The molecular weight excluding hydrogens is 540 g/mol. The number of ether oxygens (including phenoxy) is 1. The van der Waals surface area contributed by atoms with Crippen molar-refractivity contribution in [3.05, 3.63) is 78.6 Å². The number of rotatable bonds is 6. The minimum absolute atomic E-state index is 0.183. The zero-order valence-corrected chi connectivity index (χ0v) is 25.2. The quantitative estimate of drug-likeness (QED) is 0.285. The number of amides is 2. The molecule has 0 aliphatic carbocycles. The van der Waals surface area contributed by atoms with Crippen LogP contribution in [0.3, 0.4) is 0 Å². The van der Waals surface area contributed by atoms with Crippen LogP contribution in [0.2, 0.25) is 0 Å². The van der Waals surface area contributed by atoms with Crippen LogP contribution in [0.4, 0.5) is 10.5 Å². The number of aryl methyl sites for hydroxylation is 1. The molecule has 2 amide bonds. The molecule has 0 fully saturated rings. The number of fused-ring (bicyclic) bond motifs is 1. The first-order valence-electron chi connectivity index (χ1n) is 13.3. The average molecular weight is 577 g/mol. The number of aromatic nitrogens is 2. The Labute approximate surface area is 241 Å². The highest BCUT2D eigenvalue weighted by Gasteiger charge is 2.34. The average Bonchev–Trinajstić information content (AvgIpc) is 3.23. The molecule has 0 unspecified atom stereocenters. The van der Waals surface area contributed by atoms with Gasteiger partial charge in [-0.1, -0.05) is 51.1 Å². The Morgan fingerprint density at radius 1 is 0.927 bits per heavy atom. The lowest BCUT2D eigenvalue weighted by atomic mass is 9.86. The summed E-state index contributed by atoms with van der Waals surface area (Å²) in [5.74, 6) is -0.374. The Bertz CT molecular complexity index is 1680. The van der Waals surface area contributed by atoms with E-state index in [1.807, 2.05) is 45.0 Å². The Morgan fingerprint density at radius 2 is 1.56 bits per heavy atom. The van der Waals surface area contributed by atoms with E-state index in [0.29, 0.717) is 22.4 Å². The summed E-state index contributed by atoms with van der Waals surface area (Å²) in [6.07, 6.45) is 0.918. The predicted octanol–water partition coefficient (Wildman–Crippen LogP) is 6.13. The molecule has 4 rings (SSSR count). The lowest BCUT2D eigenvalue weighted by Crippen LogP contribution is -2.52. The van der Waals surface area contributed by atoms with Crippen LogP contribution in [0.5, 0.6) is 0 Å². The van der Waals surface area contributed by atoms with Crippen molar-refractivity contribution in [1.29, 1.82) is 0 Å². The van der Waals surface area contributed by atoms with Gasteiger partial charge in [0.1, 0.15) is 11.6 Å². The van der Waals surface area contributed by atoms with E-state index in [-0.39, 0.29) is 10.8 Å². The van der Waals surface area contributed by atoms with Crippen molar-refractivity contribution in [2.75, 3.05) is 5.32 Å². The number of hydrogen-bond donors (Lipinski definition) is 2. The van der Waals surface area contributed by atoms with Gasteiger partial charge in [-0.15, -0.1) is 0 Å². The molecule has 10 heteroatoms. The number of anilines is 1. The van der Waals surface area contributed by atoms with Crippen LogP contribution < -0.4 is 10.6 Å². The standard InChI is InChI=1S/C31H36N4O5S/c1-20-19-25-24(17-18-32-27(25)35(20)41(38,39)23-11-9-8-10-12-23)21-13-15-22(16-14-21)33-28(36)26(30(2,3)4)34-29(37)40-31(5,6)7/h8-19,26H,1-7H3,(H,33,36)(H,34,37)/t26-/m0/s1. The number of nitrogens with one attached hydrogen (secondary N) is 2. The summed E-state index contributed by atoms with van der Waals surface area (Å²) < 4.78 is 33.5. The maximum absolute atomic E-state index is 13.4. The van der Waals surface area contributed by atoms with E-state index < -0.39 is 33.2 Å². The molecular formula is C31H36N4O5S. The molecule has 41 heavy (non-hydrogen) atoms. The van der Waals surface area contributed by atoms with Crippen LogP contribution in [-0.4, -0.2) is 41.0 Å². The fourth-order valence-corrected chi connectivity index (χ4v) is 6.02. The van der Waals surface area contributed by atoms with Crippen molar-refractivity contribution in [1.82, 2.24) is 14.3 Å². The smallest absolute Gasteiger partial charge is 0.408 e. The number of alkyl carbamates (subject to hydrolysis) is 1. The van der Waals surface area contributed by atoms with Gasteiger partial charge in [0, 0.05) is 23.0 Å². The number of benzene rings is 2. The first-order valence-corrected chi connectivity index (χ1v) is 14.7. The van der Waals surface area contributed by atoms with Crippen LogP contribution in [0.1, 0.15) is 47.2 Å². The second-order valence-corrected chi connectivity index (χ2v) is 13.8. The molecule has 1 atom stereocenters. The number of pyridine rings is 1. The zero-order chi connectivity index (χ0) is 30.2. The van der Waals surface area contributed by atoms with Gasteiger partial charge in [0.25, 0.3) is 10.0 Å². The summed E-state index contributed by atoms with van der Waals surface area (Å²) >= 11 is 0. The largest absolute Gasteiger partial charge is 0.444 e. The highest BCUT2D eigenvalue weighted by molar-refractivity contribution is 7.90. The molecule has 216 valence electrons. The Kier molecular flexibility index (Phi) is 8.00. The van der Waals surface area contributed by atoms with E-state index in [2.05, 4.69) is 15.6 Å². The molecule has 2 aromatic heterocycles. The van der Waals surface area contributed by atoms with Crippen LogP contribution in [-0.2, 0) is 19.6 Å². The lowest BCUT2D eigenvalue weighted by Gasteiger charge is -2.31. The van der Waals surface area contributed by atoms with Gasteiger partial charge in [0.15, 0.2) is 5.65 Å². The topological polar surface area (TPSA) is 119 Å². The second kappa shape index (κ2) is 11.0. The predicted molar refractivity (Wildman–Crippen MR) is 160 cm³/mol. The van der Waals surface area contributed by atoms with Crippen molar-refractivity contribution < 1.29 is 22.7 Å². The van der Waals surface area contributed by atoms with Gasteiger partial charge in [0.2, 0.25) is 5.91 Å². The molecule has 0 saturated heterocycles. The minimum Gasteiger partial charge on any atom is -0.444 e. The number of hydrogen-bond acceptors (Lipinski definition) is 6. The number of nitrogens with zero attached hydrogens (tertiary/aromatic N) is 2. The summed E-state index contributed by atoms with van der Waals surface area (Å²) in [6.45, 7) is 12.6. The van der Waals surface area contributed by atoms with Gasteiger partial charge in [-0.3, -0.25) is 4.79 Å². The van der Waals surface area contributed by atoms with Crippen LogP contribution >= 0.6 is 0 Å². The third kappa shape index (κ3) is 6.59. The highest BCUT2D eigenvalue weighted by atomic mass is 32.2. The summed E-state index contributed by atoms with van der Waals surface area (Å²) in [4.78, 5) is 30.2. The maximum Gasteiger partial charge on any atom is 0.408 e. The van der Waals surface area contributed by atoms with Crippen LogP contribution in [0.15, 0.2) is 77.8 Å². The van der Waals surface area contributed by atoms with E-state index in [4.69, 9.17) is 4.74 Å². The minimum atomic E-state index is -3.84. The molecule has 0 aliphatic heterocycles. The van der Waals surface area contributed by atoms with Crippen LogP contribution in [0, 0.1) is 12.3 Å². The van der Waals surface area contributed by atoms with E-state index in [0.717, 1.165) is 11.1 Å². The third-order valence-electron chi connectivity index (χ3n) is 6.37. The van der Waals surface area contributed by atoms with Gasteiger partial charge in [-0.25, -0.2) is 22.2 Å². The molecule has 0 bridgehead atoms. The number of carbonyl (C=O) groups excluding carboxylic acids is 2. The normalized spacial score (nSPS) is 13.0. The molecule has 2 heterocycles. The second-order valence-electron chi connectivity index (χ2n) is 12.0. The molecule has 2 N–H and O–H groups in total. The Balaban J connectivity index is 1.60. The van der Waals surface area contributed by atoms with E-state index >= 15 is 0 Å². The van der Waals surface area contributed by atoms with Crippen molar-refractivity contribution in [3.8, 4) is 11.1 Å². The first kappa shape index (κ1) is 29.8. The Morgan fingerprint density at radius 3 is 2.15 bits per heavy atom. The molecule has 0 radical (unpaired) electrons. The summed E-state index contributed by atoms with van der Waals surface area (Å²) in [7, 11) is -3.84. The molecule has 0 spiro atoms. The van der Waals surface area contributed by atoms with Crippen molar-refractivity contribution >= 4 is 38.7 Å². The van der Waals surface area contributed by atoms with E-state index in [9.17, 15) is 18.0 Å². The maximum atomic E-state index is 13.4. The van der Waals surface area contributed by atoms with E-state index in [1.54, 1.807) is 76.4 Å². The van der Waals surface area contributed by atoms with Gasteiger partial charge in [0.05, 0.1) is 4.90 Å². The van der Waals surface area contributed by atoms with Gasteiger partial charge in [-0.05, 0) is 80.6 Å². The highest BCUT2D eigenvalue weighted by Crippen LogP contribution is 2.32. The third-order valence-corrected chi connectivity index (χ3v) is 8.18. The van der Waals surface area contributed by atoms with Crippen molar-refractivity contribution in [2.45, 2.75) is 65.0 Å². The van der Waals surface area contributed by atoms with Gasteiger partial charge in [-0.2, -0.15) is 0 Å².